The predicted octanol–water partition coefficient (Wildman–Crippen LogP) is -0.887. The van der Waals surface area contributed by atoms with Gasteiger partial charge in [-0.3, -0.25) is 9.36 Å². The maximum absolute atomic E-state index is 12.0. The number of anilines is 2. The first-order valence-electron chi connectivity index (χ1n) is 12.3. The van der Waals surface area contributed by atoms with Crippen LogP contribution in [0.2, 0.25) is 0 Å². The van der Waals surface area contributed by atoms with Gasteiger partial charge in [-0.05, 0) is 26.9 Å². The number of nitrogen functional groups attached to an aromatic ring is 1. The molecule has 1 aliphatic rings. The van der Waals surface area contributed by atoms with Gasteiger partial charge < -0.3 is 36.2 Å². The number of aliphatic hydroxyl groups is 2. The van der Waals surface area contributed by atoms with E-state index in [1.54, 1.807) is 0 Å². The number of carbonyl (C=O) groups is 1. The molecule has 1 fully saturated rings. The zero-order valence-electron chi connectivity index (χ0n) is 21.5. The summed E-state index contributed by atoms with van der Waals surface area (Å²) in [6.07, 6.45) is 2.20. The number of sulfone groups is 1. The average Bonchev–Trinajstić information content (AvgIpc) is 3.34. The Kier molecular flexibility index (Phi) is 10.0. The van der Waals surface area contributed by atoms with Crippen LogP contribution in [-0.2, 0) is 19.4 Å². The van der Waals surface area contributed by atoms with Crippen molar-refractivity contribution in [1.29, 1.82) is 0 Å². The predicted molar refractivity (Wildman–Crippen MR) is 139 cm³/mol. The minimum absolute atomic E-state index is 0.0860. The molecule has 0 unspecified atom stereocenters. The third-order valence-electron chi connectivity index (χ3n) is 6.00. The Labute approximate surface area is 216 Å². The molecular weight excluding hydrogens is 504 g/mol. The lowest BCUT2D eigenvalue weighted by molar-refractivity contribution is -0.121. The number of unbranched alkanes of at least 4 members (excludes halogenated alkanes) is 3. The van der Waals surface area contributed by atoms with Crippen LogP contribution in [0.15, 0.2) is 6.33 Å². The van der Waals surface area contributed by atoms with E-state index in [1.165, 1.54) is 17.2 Å². The lowest BCUT2D eigenvalue weighted by Gasteiger charge is -2.19. The molecule has 2 aromatic rings. The summed E-state index contributed by atoms with van der Waals surface area (Å²) in [6, 6.07) is 0. The first-order chi connectivity index (χ1) is 17.5. The Morgan fingerprint density at radius 1 is 1.16 bits per heavy atom. The summed E-state index contributed by atoms with van der Waals surface area (Å²) < 4.78 is 29.7. The second-order valence-corrected chi connectivity index (χ2v) is 11.9. The molecule has 4 atom stereocenters. The van der Waals surface area contributed by atoms with Crippen molar-refractivity contribution in [2.75, 3.05) is 56.8 Å². The fourth-order valence-electron chi connectivity index (χ4n) is 4.14. The maximum Gasteiger partial charge on any atom is 0.226 e. The van der Waals surface area contributed by atoms with Crippen molar-refractivity contribution < 1.29 is 28.2 Å². The van der Waals surface area contributed by atoms with Crippen molar-refractivity contribution >= 4 is 38.7 Å². The van der Waals surface area contributed by atoms with Gasteiger partial charge in [0.25, 0.3) is 0 Å². The Bertz CT molecular complexity index is 1160. The fraction of sp³-hybridized carbons (Fsp3) is 0.727. The summed E-state index contributed by atoms with van der Waals surface area (Å²) in [5.41, 5.74) is 6.75. The molecule has 1 aliphatic heterocycles. The topological polar surface area (TPSA) is 198 Å². The Hall–Kier alpha value is -2.59. The monoisotopic (exact) mass is 542 g/mol. The third-order valence-corrected chi connectivity index (χ3v) is 7.03. The van der Waals surface area contributed by atoms with E-state index >= 15 is 0 Å². The number of ether oxygens (including phenoxy) is 1. The molecule has 37 heavy (non-hydrogen) atoms. The van der Waals surface area contributed by atoms with Crippen LogP contribution in [0.1, 0.15) is 38.3 Å². The molecule has 0 radical (unpaired) electrons. The normalized spacial score (nSPS) is 22.1. The first kappa shape index (κ1) is 29.0. The van der Waals surface area contributed by atoms with Crippen molar-refractivity contribution in [3.63, 3.8) is 0 Å². The fourth-order valence-corrected chi connectivity index (χ4v) is 4.87. The molecule has 14 nitrogen and oxygen atoms in total. The van der Waals surface area contributed by atoms with Crippen molar-refractivity contribution in [2.24, 2.45) is 0 Å². The summed E-state index contributed by atoms with van der Waals surface area (Å²) >= 11 is 0. The number of aliphatic hydroxyl groups excluding tert-OH is 2. The molecule has 2 aromatic heterocycles. The zero-order chi connectivity index (χ0) is 27.2. The Morgan fingerprint density at radius 3 is 2.59 bits per heavy atom. The molecule has 1 saturated heterocycles. The number of nitrogens with two attached hydrogens (primary N) is 1. The summed E-state index contributed by atoms with van der Waals surface area (Å²) in [6.45, 7) is 1.13. The van der Waals surface area contributed by atoms with Crippen molar-refractivity contribution in [1.82, 2.24) is 29.7 Å². The van der Waals surface area contributed by atoms with E-state index in [9.17, 15) is 23.4 Å². The van der Waals surface area contributed by atoms with Gasteiger partial charge in [-0.2, -0.15) is 9.97 Å². The molecule has 6 N–H and O–H groups in total. The number of likely N-dealkylation sites (N-methyl/N-ethyl adjacent to an activating group) is 1. The van der Waals surface area contributed by atoms with Crippen molar-refractivity contribution in [3.05, 3.63) is 6.33 Å². The number of imidazole rings is 1. The van der Waals surface area contributed by atoms with E-state index in [-0.39, 0.29) is 23.4 Å². The molecule has 0 bridgehead atoms. The van der Waals surface area contributed by atoms with E-state index in [4.69, 9.17) is 10.5 Å². The van der Waals surface area contributed by atoms with E-state index < -0.39 is 34.4 Å². The number of aromatic nitrogens is 4. The van der Waals surface area contributed by atoms with E-state index in [2.05, 4.69) is 25.6 Å². The molecule has 3 rings (SSSR count). The number of rotatable bonds is 14. The van der Waals surface area contributed by atoms with Crippen LogP contribution in [0.3, 0.4) is 0 Å². The van der Waals surface area contributed by atoms with Crippen LogP contribution >= 0.6 is 0 Å². The van der Waals surface area contributed by atoms with Crippen LogP contribution in [0.4, 0.5) is 11.8 Å². The Morgan fingerprint density at radius 2 is 1.89 bits per heavy atom. The highest BCUT2D eigenvalue weighted by Crippen LogP contribution is 2.32. The summed E-state index contributed by atoms with van der Waals surface area (Å²) in [5, 5.41) is 26.8. The average molecular weight is 543 g/mol. The number of carbonyl (C=O) groups excluding carboxylic acids is 1. The third kappa shape index (κ3) is 8.20. The molecular formula is C22H38N8O6S. The first-order valence-corrected chi connectivity index (χ1v) is 14.4. The van der Waals surface area contributed by atoms with Gasteiger partial charge >= 0.3 is 0 Å². The van der Waals surface area contributed by atoms with E-state index in [1.807, 2.05) is 19.0 Å². The largest absolute Gasteiger partial charge is 0.387 e. The van der Waals surface area contributed by atoms with Gasteiger partial charge in [-0.25, -0.2) is 13.4 Å². The number of amides is 1. The number of hydrogen-bond acceptors (Lipinski definition) is 12. The smallest absolute Gasteiger partial charge is 0.226 e. The minimum Gasteiger partial charge on any atom is -0.387 e. The van der Waals surface area contributed by atoms with Crippen LogP contribution in [-0.4, -0.2) is 113 Å². The zero-order valence-corrected chi connectivity index (χ0v) is 22.3. The number of hydrogen-bond donors (Lipinski definition) is 5. The van der Waals surface area contributed by atoms with Gasteiger partial charge in [-0.15, -0.1) is 0 Å². The van der Waals surface area contributed by atoms with Gasteiger partial charge in [0.2, 0.25) is 11.9 Å². The second-order valence-electron chi connectivity index (χ2n) is 9.64. The SMILES string of the molecule is CN(C)C[C@H]1O[C@@H](n2cnc3c(N)nc(NCCNC(=O)CCCCCCS(C)(=O)=O)nc32)[C@H](O)[C@@H]1O. The number of nitrogens with one attached hydrogen (secondary N) is 2. The molecule has 3 heterocycles. The van der Waals surface area contributed by atoms with Crippen LogP contribution in [0, 0.1) is 0 Å². The molecule has 1 amide bonds. The molecule has 0 aliphatic carbocycles. The Balaban J connectivity index is 1.49. The quantitative estimate of drug-likeness (QED) is 0.185. The minimum atomic E-state index is -2.93. The highest BCUT2D eigenvalue weighted by atomic mass is 32.2. The number of nitrogens with zero attached hydrogens (tertiary/aromatic N) is 5. The van der Waals surface area contributed by atoms with Crippen molar-refractivity contribution in [2.45, 2.75) is 56.6 Å². The second kappa shape index (κ2) is 12.8. The van der Waals surface area contributed by atoms with Gasteiger partial charge in [0.15, 0.2) is 17.7 Å². The van der Waals surface area contributed by atoms with E-state index in [0.717, 1.165) is 12.8 Å². The van der Waals surface area contributed by atoms with Crippen molar-refractivity contribution in [3.8, 4) is 0 Å². The lowest BCUT2D eigenvalue weighted by Crippen LogP contribution is -2.37. The molecule has 15 heteroatoms. The summed E-state index contributed by atoms with van der Waals surface area (Å²) in [5.74, 6) is 0.461. The highest BCUT2D eigenvalue weighted by molar-refractivity contribution is 7.90. The van der Waals surface area contributed by atoms with Crippen LogP contribution in [0.5, 0.6) is 0 Å². The standard InChI is InChI=1S/C22H38N8O6S/c1-29(2)12-14-17(32)18(33)21(36-14)30-13-26-16-19(23)27-22(28-20(16)30)25-10-9-24-15(31)8-6-4-5-7-11-37(3,34)35/h13-14,17-18,21,32-33H,4-12H2,1-3H3,(H,24,31)(H3,23,25,27,28)/t14-,17-,18-,21-/m1/s1. The molecule has 0 saturated carbocycles. The maximum atomic E-state index is 12.0. The highest BCUT2D eigenvalue weighted by Gasteiger charge is 2.44. The molecule has 0 aromatic carbocycles. The number of fused-ring (bicyclic) bond motifs is 1. The van der Waals surface area contributed by atoms with Gasteiger partial charge in [0.05, 0.1) is 6.33 Å². The van der Waals surface area contributed by atoms with Gasteiger partial charge in [-0.1, -0.05) is 12.8 Å². The van der Waals surface area contributed by atoms with E-state index in [0.29, 0.717) is 50.1 Å². The van der Waals surface area contributed by atoms with Gasteiger partial charge in [0.1, 0.15) is 33.7 Å². The van der Waals surface area contributed by atoms with Crippen LogP contribution in [0.25, 0.3) is 11.2 Å². The van der Waals surface area contributed by atoms with Crippen LogP contribution < -0.4 is 16.4 Å². The lowest BCUT2D eigenvalue weighted by atomic mass is 10.1. The van der Waals surface area contributed by atoms with Gasteiger partial charge in [0, 0.05) is 38.1 Å². The summed E-state index contributed by atoms with van der Waals surface area (Å²) in [4.78, 5) is 26.8. The molecule has 208 valence electrons. The summed E-state index contributed by atoms with van der Waals surface area (Å²) in [7, 11) is 0.764. The molecule has 0 spiro atoms.